The van der Waals surface area contributed by atoms with E-state index in [1.807, 2.05) is 0 Å². The average molecular weight is 316 g/mol. The first kappa shape index (κ1) is 16.5. The van der Waals surface area contributed by atoms with Gasteiger partial charge in [0.1, 0.15) is 0 Å². The van der Waals surface area contributed by atoms with Crippen LogP contribution in [0.4, 0.5) is 0 Å². The summed E-state index contributed by atoms with van der Waals surface area (Å²) >= 11 is 0. The number of carbonyl (C=O) groups excluding carboxylic acids is 1. The van der Waals surface area contributed by atoms with E-state index in [9.17, 15) is 4.79 Å². The number of hydrogen-bond donors (Lipinski definition) is 1. The van der Waals surface area contributed by atoms with Gasteiger partial charge in [-0.15, -0.1) is 0 Å². The van der Waals surface area contributed by atoms with Crippen LogP contribution >= 0.6 is 0 Å². The molecule has 0 aromatic heterocycles. The number of piperazine rings is 1. The molecule has 2 fully saturated rings. The highest BCUT2D eigenvalue weighted by molar-refractivity contribution is 6.62. The standard InChI is InChI=1S/C17H25BN2O3/c1-16(2)17(3,4)23-18(22-16)14-7-5-13(6-8-14)11-20-10-9-19-15(21)12-20/h5-8H,9-12H2,1-4H3,(H,19,21). The molecule has 2 aliphatic rings. The quantitative estimate of drug-likeness (QED) is 0.843. The average Bonchev–Trinajstić information content (AvgIpc) is 2.68. The number of nitrogens with zero attached hydrogens (tertiary/aromatic N) is 1. The van der Waals surface area contributed by atoms with Crippen molar-refractivity contribution in [3.05, 3.63) is 29.8 Å². The summed E-state index contributed by atoms with van der Waals surface area (Å²) in [4.78, 5) is 13.6. The molecule has 0 aliphatic carbocycles. The molecule has 1 aromatic carbocycles. The van der Waals surface area contributed by atoms with Gasteiger partial charge in [-0.25, -0.2) is 0 Å². The highest BCUT2D eigenvalue weighted by Gasteiger charge is 2.51. The van der Waals surface area contributed by atoms with Crippen molar-refractivity contribution in [3.63, 3.8) is 0 Å². The van der Waals surface area contributed by atoms with Crippen molar-refractivity contribution in [3.8, 4) is 0 Å². The van der Waals surface area contributed by atoms with E-state index in [1.54, 1.807) is 0 Å². The zero-order chi connectivity index (χ0) is 16.7. The summed E-state index contributed by atoms with van der Waals surface area (Å²) in [6.45, 7) is 11.1. The molecule has 2 heterocycles. The predicted octanol–water partition coefficient (Wildman–Crippen LogP) is 0.918. The molecule has 1 N–H and O–H groups in total. The third kappa shape index (κ3) is 3.44. The maximum atomic E-state index is 11.4. The molecule has 0 unspecified atom stereocenters. The van der Waals surface area contributed by atoms with Crippen molar-refractivity contribution in [2.75, 3.05) is 19.6 Å². The van der Waals surface area contributed by atoms with Crippen molar-refractivity contribution in [1.29, 1.82) is 0 Å². The molecule has 0 atom stereocenters. The zero-order valence-corrected chi connectivity index (χ0v) is 14.4. The lowest BCUT2D eigenvalue weighted by molar-refractivity contribution is -0.124. The van der Waals surface area contributed by atoms with E-state index in [2.05, 4.69) is 62.2 Å². The van der Waals surface area contributed by atoms with Gasteiger partial charge in [0, 0.05) is 19.6 Å². The van der Waals surface area contributed by atoms with Gasteiger partial charge in [0.15, 0.2) is 0 Å². The van der Waals surface area contributed by atoms with Gasteiger partial charge >= 0.3 is 7.12 Å². The molecule has 5 nitrogen and oxygen atoms in total. The fraction of sp³-hybridized carbons (Fsp3) is 0.588. The Morgan fingerprint density at radius 3 is 2.30 bits per heavy atom. The molecule has 2 aliphatic heterocycles. The van der Waals surface area contributed by atoms with Crippen LogP contribution in [-0.4, -0.2) is 48.8 Å². The van der Waals surface area contributed by atoms with E-state index in [-0.39, 0.29) is 24.2 Å². The molecule has 3 rings (SSSR count). The minimum absolute atomic E-state index is 0.102. The second kappa shape index (κ2) is 5.93. The molecule has 0 bridgehead atoms. The Kier molecular flexibility index (Phi) is 4.25. The number of benzene rings is 1. The molecule has 0 spiro atoms. The van der Waals surface area contributed by atoms with Crippen molar-refractivity contribution in [1.82, 2.24) is 10.2 Å². The summed E-state index contributed by atoms with van der Waals surface area (Å²) in [6.07, 6.45) is 0. The number of nitrogens with one attached hydrogen (secondary N) is 1. The second-order valence-electron chi connectivity index (χ2n) is 7.39. The van der Waals surface area contributed by atoms with Gasteiger partial charge in [0.2, 0.25) is 5.91 Å². The van der Waals surface area contributed by atoms with Crippen LogP contribution in [0.5, 0.6) is 0 Å². The van der Waals surface area contributed by atoms with E-state index in [0.717, 1.165) is 25.1 Å². The lowest BCUT2D eigenvalue weighted by Gasteiger charge is -2.32. The van der Waals surface area contributed by atoms with Gasteiger partial charge in [0.05, 0.1) is 17.7 Å². The number of hydrogen-bond acceptors (Lipinski definition) is 4. The first-order chi connectivity index (χ1) is 10.8. The molecule has 23 heavy (non-hydrogen) atoms. The van der Waals surface area contributed by atoms with Crippen LogP contribution in [0.15, 0.2) is 24.3 Å². The van der Waals surface area contributed by atoms with Crippen LogP contribution in [0, 0.1) is 0 Å². The maximum Gasteiger partial charge on any atom is 0.494 e. The Morgan fingerprint density at radius 1 is 1.13 bits per heavy atom. The lowest BCUT2D eigenvalue weighted by Crippen LogP contribution is -2.47. The van der Waals surface area contributed by atoms with Crippen molar-refractivity contribution in [2.45, 2.75) is 45.4 Å². The third-order valence-electron chi connectivity index (χ3n) is 5.03. The lowest BCUT2D eigenvalue weighted by atomic mass is 9.79. The Labute approximate surface area is 138 Å². The second-order valence-corrected chi connectivity index (χ2v) is 7.39. The minimum atomic E-state index is -0.324. The topological polar surface area (TPSA) is 50.8 Å². The summed E-state index contributed by atoms with van der Waals surface area (Å²) in [5, 5.41) is 2.85. The molecule has 6 heteroatoms. The van der Waals surface area contributed by atoms with Crippen LogP contribution < -0.4 is 10.8 Å². The molecule has 1 amide bonds. The summed E-state index contributed by atoms with van der Waals surface area (Å²) in [7, 11) is -0.324. The van der Waals surface area contributed by atoms with E-state index in [4.69, 9.17) is 9.31 Å². The van der Waals surface area contributed by atoms with E-state index in [0.29, 0.717) is 6.54 Å². The summed E-state index contributed by atoms with van der Waals surface area (Å²) in [5.41, 5.74) is 1.58. The van der Waals surface area contributed by atoms with Gasteiger partial charge in [-0.05, 0) is 38.7 Å². The number of carbonyl (C=O) groups is 1. The highest BCUT2D eigenvalue weighted by Crippen LogP contribution is 2.36. The maximum absolute atomic E-state index is 11.4. The van der Waals surface area contributed by atoms with Gasteiger partial charge in [-0.1, -0.05) is 24.3 Å². The fourth-order valence-corrected chi connectivity index (χ4v) is 2.84. The SMILES string of the molecule is CC1(C)OB(c2ccc(CN3CCNC(=O)C3)cc2)OC1(C)C. The first-order valence-corrected chi connectivity index (χ1v) is 8.20. The summed E-state index contributed by atoms with van der Waals surface area (Å²) < 4.78 is 12.1. The smallest absolute Gasteiger partial charge is 0.399 e. The van der Waals surface area contributed by atoms with E-state index < -0.39 is 0 Å². The molecule has 0 radical (unpaired) electrons. The van der Waals surface area contributed by atoms with E-state index in [1.165, 1.54) is 5.56 Å². The van der Waals surface area contributed by atoms with Gasteiger partial charge in [-0.3, -0.25) is 9.69 Å². The summed E-state index contributed by atoms with van der Waals surface area (Å²) in [5.74, 6) is 0.102. The van der Waals surface area contributed by atoms with Crippen LogP contribution in [-0.2, 0) is 20.6 Å². The van der Waals surface area contributed by atoms with Gasteiger partial charge < -0.3 is 14.6 Å². The molecular weight excluding hydrogens is 291 g/mol. The molecule has 2 saturated heterocycles. The predicted molar refractivity (Wildman–Crippen MR) is 90.4 cm³/mol. The zero-order valence-electron chi connectivity index (χ0n) is 14.4. The largest absolute Gasteiger partial charge is 0.494 e. The molecule has 124 valence electrons. The molecular formula is C17H25BN2O3. The normalized spacial score (nSPS) is 23.8. The van der Waals surface area contributed by atoms with Crippen LogP contribution in [0.25, 0.3) is 0 Å². The summed E-state index contributed by atoms with van der Waals surface area (Å²) in [6, 6.07) is 8.29. The Morgan fingerprint density at radius 2 is 1.74 bits per heavy atom. The van der Waals surface area contributed by atoms with Crippen molar-refractivity contribution >= 4 is 18.5 Å². The van der Waals surface area contributed by atoms with E-state index >= 15 is 0 Å². The van der Waals surface area contributed by atoms with Crippen LogP contribution in [0.3, 0.4) is 0 Å². The minimum Gasteiger partial charge on any atom is -0.399 e. The van der Waals surface area contributed by atoms with Crippen LogP contribution in [0.1, 0.15) is 33.3 Å². The number of rotatable bonds is 3. The Hall–Kier alpha value is -1.37. The van der Waals surface area contributed by atoms with Crippen molar-refractivity contribution < 1.29 is 14.1 Å². The van der Waals surface area contributed by atoms with Gasteiger partial charge in [0.25, 0.3) is 0 Å². The molecule has 1 aromatic rings. The monoisotopic (exact) mass is 316 g/mol. The fourth-order valence-electron chi connectivity index (χ4n) is 2.84. The third-order valence-corrected chi connectivity index (χ3v) is 5.03. The Bertz CT molecular complexity index is 570. The number of amides is 1. The highest BCUT2D eigenvalue weighted by atomic mass is 16.7. The van der Waals surface area contributed by atoms with Gasteiger partial charge in [-0.2, -0.15) is 0 Å². The van der Waals surface area contributed by atoms with Crippen LogP contribution in [0.2, 0.25) is 0 Å². The first-order valence-electron chi connectivity index (χ1n) is 8.20. The molecule has 0 saturated carbocycles. The Balaban J connectivity index is 1.65. The van der Waals surface area contributed by atoms with Crippen molar-refractivity contribution in [2.24, 2.45) is 0 Å².